The molecule has 5 nitrogen and oxygen atoms in total. The number of fused-ring (bicyclic) bond motifs is 1. The molecule has 0 bridgehead atoms. The summed E-state index contributed by atoms with van der Waals surface area (Å²) in [6.45, 7) is 2.53. The number of halogens is 1. The average molecular weight is 371 g/mol. The van der Waals surface area contributed by atoms with Crippen molar-refractivity contribution >= 4 is 34.4 Å². The van der Waals surface area contributed by atoms with Crippen LogP contribution in [0.15, 0.2) is 58.1 Å². The van der Waals surface area contributed by atoms with Crippen molar-refractivity contribution in [2.75, 3.05) is 0 Å². The Morgan fingerprint density at radius 1 is 1.12 bits per heavy atom. The van der Waals surface area contributed by atoms with Gasteiger partial charge < -0.3 is 8.98 Å². The zero-order chi connectivity index (χ0) is 17.2. The number of hydrogen-bond acceptors (Lipinski definition) is 5. The molecule has 0 unspecified atom stereocenters. The van der Waals surface area contributed by atoms with E-state index in [-0.39, 0.29) is 0 Å². The SMILES string of the molecule is Cc1nnc(CSc2nc3cc(Cl)ccc3n2Cc2ccccc2)o1. The first kappa shape index (κ1) is 16.2. The molecule has 2 aromatic carbocycles. The average Bonchev–Trinajstić information content (AvgIpc) is 3.17. The molecule has 0 N–H and O–H groups in total. The van der Waals surface area contributed by atoms with Crippen molar-refractivity contribution in [3.8, 4) is 0 Å². The molecule has 0 saturated heterocycles. The number of thioether (sulfide) groups is 1. The molecule has 0 saturated carbocycles. The molecule has 0 aliphatic rings. The van der Waals surface area contributed by atoms with E-state index in [0.29, 0.717) is 22.6 Å². The highest BCUT2D eigenvalue weighted by molar-refractivity contribution is 7.98. The van der Waals surface area contributed by atoms with Crippen LogP contribution in [0.4, 0.5) is 0 Å². The highest BCUT2D eigenvalue weighted by atomic mass is 35.5. The fraction of sp³-hybridized carbons (Fsp3) is 0.167. The molecule has 0 amide bonds. The monoisotopic (exact) mass is 370 g/mol. The first-order valence-electron chi connectivity index (χ1n) is 7.80. The topological polar surface area (TPSA) is 56.7 Å². The van der Waals surface area contributed by atoms with Gasteiger partial charge >= 0.3 is 0 Å². The van der Waals surface area contributed by atoms with E-state index < -0.39 is 0 Å². The summed E-state index contributed by atoms with van der Waals surface area (Å²) < 4.78 is 7.64. The van der Waals surface area contributed by atoms with Crippen molar-refractivity contribution in [1.82, 2.24) is 19.7 Å². The second-order valence-corrected chi connectivity index (χ2v) is 6.98. The van der Waals surface area contributed by atoms with E-state index >= 15 is 0 Å². The third-order valence-corrected chi connectivity index (χ3v) is 4.95. The third-order valence-electron chi connectivity index (χ3n) is 3.75. The van der Waals surface area contributed by atoms with Crippen LogP contribution in [0.2, 0.25) is 5.02 Å². The second kappa shape index (κ2) is 6.90. The number of hydrogen-bond donors (Lipinski definition) is 0. The Bertz CT molecular complexity index is 1010. The summed E-state index contributed by atoms with van der Waals surface area (Å²) in [4.78, 5) is 4.74. The van der Waals surface area contributed by atoms with Gasteiger partial charge in [-0.05, 0) is 23.8 Å². The molecule has 0 aliphatic heterocycles. The highest BCUT2D eigenvalue weighted by Crippen LogP contribution is 2.29. The minimum absolute atomic E-state index is 0.570. The molecule has 0 spiro atoms. The van der Waals surface area contributed by atoms with Gasteiger partial charge in [-0.3, -0.25) is 0 Å². The number of nitrogens with zero attached hydrogens (tertiary/aromatic N) is 4. The lowest BCUT2D eigenvalue weighted by molar-refractivity contribution is 0.485. The molecular formula is C18H15ClN4OS. The summed E-state index contributed by atoms with van der Waals surface area (Å²) in [7, 11) is 0. The zero-order valence-corrected chi connectivity index (χ0v) is 15.1. The largest absolute Gasteiger partial charge is 0.425 e. The van der Waals surface area contributed by atoms with Crippen LogP contribution in [-0.2, 0) is 12.3 Å². The Morgan fingerprint density at radius 3 is 2.72 bits per heavy atom. The normalized spacial score (nSPS) is 11.3. The molecule has 4 rings (SSSR count). The Balaban J connectivity index is 1.69. The van der Waals surface area contributed by atoms with E-state index in [9.17, 15) is 0 Å². The van der Waals surface area contributed by atoms with Crippen LogP contribution in [-0.4, -0.2) is 19.7 Å². The maximum Gasteiger partial charge on any atom is 0.226 e. The van der Waals surface area contributed by atoms with Gasteiger partial charge in [0.25, 0.3) is 0 Å². The minimum Gasteiger partial charge on any atom is -0.425 e. The van der Waals surface area contributed by atoms with Crippen molar-refractivity contribution in [3.63, 3.8) is 0 Å². The van der Waals surface area contributed by atoms with Crippen LogP contribution in [0.3, 0.4) is 0 Å². The Morgan fingerprint density at radius 2 is 1.96 bits per heavy atom. The number of rotatable bonds is 5. The smallest absolute Gasteiger partial charge is 0.226 e. The van der Waals surface area contributed by atoms with E-state index in [1.54, 1.807) is 18.7 Å². The first-order chi connectivity index (χ1) is 12.2. The Labute approximate surface area is 154 Å². The summed E-state index contributed by atoms with van der Waals surface area (Å²) in [5.74, 6) is 1.74. The van der Waals surface area contributed by atoms with Gasteiger partial charge in [0.15, 0.2) is 5.16 Å². The minimum atomic E-state index is 0.570. The van der Waals surface area contributed by atoms with E-state index in [1.165, 1.54) is 5.56 Å². The maximum atomic E-state index is 6.13. The highest BCUT2D eigenvalue weighted by Gasteiger charge is 2.14. The molecule has 2 aromatic heterocycles. The summed E-state index contributed by atoms with van der Waals surface area (Å²) in [6.07, 6.45) is 0. The van der Waals surface area contributed by atoms with Crippen molar-refractivity contribution in [3.05, 3.63) is 70.9 Å². The molecule has 7 heteroatoms. The lowest BCUT2D eigenvalue weighted by Crippen LogP contribution is -2.01. The van der Waals surface area contributed by atoms with Crippen molar-refractivity contribution < 1.29 is 4.42 Å². The van der Waals surface area contributed by atoms with Gasteiger partial charge in [0.1, 0.15) is 0 Å². The first-order valence-corrected chi connectivity index (χ1v) is 9.17. The van der Waals surface area contributed by atoms with E-state index in [4.69, 9.17) is 21.0 Å². The quantitative estimate of drug-likeness (QED) is 0.476. The third kappa shape index (κ3) is 3.55. The number of aromatic nitrogens is 4. The lowest BCUT2D eigenvalue weighted by atomic mass is 10.2. The molecular weight excluding hydrogens is 356 g/mol. The molecule has 2 heterocycles. The van der Waals surface area contributed by atoms with Gasteiger partial charge in [0, 0.05) is 11.9 Å². The fourth-order valence-corrected chi connectivity index (χ4v) is 3.65. The number of benzene rings is 2. The van der Waals surface area contributed by atoms with Crippen LogP contribution >= 0.6 is 23.4 Å². The van der Waals surface area contributed by atoms with Gasteiger partial charge in [-0.25, -0.2) is 4.98 Å². The fourth-order valence-electron chi connectivity index (χ4n) is 2.63. The van der Waals surface area contributed by atoms with Crippen molar-refractivity contribution in [1.29, 1.82) is 0 Å². The van der Waals surface area contributed by atoms with Crippen LogP contribution in [0, 0.1) is 6.92 Å². The molecule has 126 valence electrons. The molecule has 0 fully saturated rings. The molecule has 25 heavy (non-hydrogen) atoms. The molecule has 0 radical (unpaired) electrons. The van der Waals surface area contributed by atoms with Gasteiger partial charge in [-0.15, -0.1) is 10.2 Å². The van der Waals surface area contributed by atoms with Crippen molar-refractivity contribution in [2.45, 2.75) is 24.4 Å². The summed E-state index contributed by atoms with van der Waals surface area (Å²) in [5, 5.41) is 9.50. The van der Waals surface area contributed by atoms with Crippen LogP contribution in [0.5, 0.6) is 0 Å². The Kier molecular flexibility index (Phi) is 4.46. The standard InChI is InChI=1S/C18H15ClN4OS/c1-12-21-22-17(24-12)11-25-18-20-15-9-14(19)7-8-16(15)23(18)10-13-5-3-2-4-6-13/h2-9H,10-11H2,1H3. The summed E-state index contributed by atoms with van der Waals surface area (Å²) in [5.41, 5.74) is 3.15. The van der Waals surface area contributed by atoms with Gasteiger partial charge in [-0.1, -0.05) is 53.7 Å². The maximum absolute atomic E-state index is 6.13. The number of imidazole rings is 1. The molecule has 4 aromatic rings. The van der Waals surface area contributed by atoms with E-state index in [1.807, 2.05) is 36.4 Å². The van der Waals surface area contributed by atoms with Crippen molar-refractivity contribution in [2.24, 2.45) is 0 Å². The van der Waals surface area contributed by atoms with Crippen LogP contribution in [0.1, 0.15) is 17.3 Å². The molecule has 0 aliphatic carbocycles. The van der Waals surface area contributed by atoms with E-state index in [0.717, 1.165) is 22.7 Å². The number of aryl methyl sites for hydroxylation is 1. The van der Waals surface area contributed by atoms with Gasteiger partial charge in [-0.2, -0.15) is 0 Å². The predicted octanol–water partition coefficient (Wildman–Crippen LogP) is 4.72. The van der Waals surface area contributed by atoms with Gasteiger partial charge in [0.2, 0.25) is 11.8 Å². The van der Waals surface area contributed by atoms with Gasteiger partial charge in [0.05, 0.1) is 23.3 Å². The van der Waals surface area contributed by atoms with Crippen LogP contribution < -0.4 is 0 Å². The zero-order valence-electron chi connectivity index (χ0n) is 13.5. The summed E-state index contributed by atoms with van der Waals surface area (Å²) >= 11 is 7.70. The Hall–Kier alpha value is -2.31. The predicted molar refractivity (Wildman–Crippen MR) is 98.9 cm³/mol. The second-order valence-electron chi connectivity index (χ2n) is 5.60. The molecule has 0 atom stereocenters. The van der Waals surface area contributed by atoms with E-state index in [2.05, 4.69) is 26.9 Å². The summed E-state index contributed by atoms with van der Waals surface area (Å²) in [6, 6.07) is 16.1. The lowest BCUT2D eigenvalue weighted by Gasteiger charge is -2.08. The van der Waals surface area contributed by atoms with Crippen LogP contribution in [0.25, 0.3) is 11.0 Å².